The lowest BCUT2D eigenvalue weighted by Gasteiger charge is -2.15. The van der Waals surface area contributed by atoms with E-state index in [0.717, 1.165) is 31.0 Å². The molecule has 0 aliphatic carbocycles. The van der Waals surface area contributed by atoms with Gasteiger partial charge in [-0.15, -0.1) is 24.0 Å². The fourth-order valence-corrected chi connectivity index (χ4v) is 2.10. The zero-order valence-corrected chi connectivity index (χ0v) is 17.1. The van der Waals surface area contributed by atoms with E-state index in [0.29, 0.717) is 17.8 Å². The Bertz CT molecular complexity index is 493. The molecular weight excluding hydrogens is 405 g/mol. The number of nitrogens with zero attached hydrogens (tertiary/aromatic N) is 1. The van der Waals surface area contributed by atoms with Crippen molar-refractivity contribution in [2.75, 3.05) is 27.3 Å². The smallest absolute Gasteiger partial charge is 0.188 e. The third-order valence-corrected chi connectivity index (χ3v) is 3.29. The Morgan fingerprint density at radius 2 is 1.83 bits per heavy atom. The molecule has 0 saturated carbocycles. The van der Waals surface area contributed by atoms with Gasteiger partial charge in [0.15, 0.2) is 17.5 Å². The van der Waals surface area contributed by atoms with E-state index in [9.17, 15) is 0 Å². The van der Waals surface area contributed by atoms with Crippen molar-refractivity contribution in [1.82, 2.24) is 5.32 Å². The van der Waals surface area contributed by atoms with Gasteiger partial charge >= 0.3 is 0 Å². The van der Waals surface area contributed by atoms with Crippen molar-refractivity contribution < 1.29 is 9.47 Å². The SMILES string of the molecule is COc1ccc(CC(C)CNC(N)=NCC(C)C)cc1OC.I. The fourth-order valence-electron chi connectivity index (χ4n) is 2.10. The lowest BCUT2D eigenvalue weighted by molar-refractivity contribution is 0.354. The van der Waals surface area contributed by atoms with Gasteiger partial charge in [-0.2, -0.15) is 0 Å². The van der Waals surface area contributed by atoms with Crippen LogP contribution in [0, 0.1) is 11.8 Å². The fraction of sp³-hybridized carbons (Fsp3) is 0.588. The Hall–Kier alpha value is -1.18. The van der Waals surface area contributed by atoms with E-state index in [1.807, 2.05) is 12.1 Å². The lowest BCUT2D eigenvalue weighted by atomic mass is 10.0. The number of halogens is 1. The first kappa shape index (κ1) is 21.8. The summed E-state index contributed by atoms with van der Waals surface area (Å²) in [7, 11) is 3.29. The minimum absolute atomic E-state index is 0. The molecule has 0 radical (unpaired) electrons. The molecule has 0 saturated heterocycles. The monoisotopic (exact) mass is 435 g/mol. The molecule has 5 nitrogen and oxygen atoms in total. The Balaban J connectivity index is 0.00000484. The zero-order chi connectivity index (χ0) is 16.5. The van der Waals surface area contributed by atoms with Crippen LogP contribution >= 0.6 is 24.0 Å². The lowest BCUT2D eigenvalue weighted by Crippen LogP contribution is -2.35. The van der Waals surface area contributed by atoms with Gasteiger partial charge in [0.2, 0.25) is 0 Å². The molecule has 132 valence electrons. The summed E-state index contributed by atoms with van der Waals surface area (Å²) >= 11 is 0. The van der Waals surface area contributed by atoms with Gasteiger partial charge in [-0.25, -0.2) is 0 Å². The van der Waals surface area contributed by atoms with E-state index in [1.165, 1.54) is 5.56 Å². The Labute approximate surface area is 157 Å². The maximum Gasteiger partial charge on any atom is 0.188 e. The normalized spacial score (nSPS) is 12.5. The van der Waals surface area contributed by atoms with E-state index >= 15 is 0 Å². The first-order valence-electron chi connectivity index (χ1n) is 7.71. The number of hydrogen-bond acceptors (Lipinski definition) is 3. The summed E-state index contributed by atoms with van der Waals surface area (Å²) in [4.78, 5) is 4.30. The second-order valence-electron chi connectivity index (χ2n) is 6.00. The Kier molecular flexibility index (Phi) is 10.8. The largest absolute Gasteiger partial charge is 0.493 e. The molecule has 1 rings (SSSR count). The van der Waals surface area contributed by atoms with Gasteiger partial charge in [0.25, 0.3) is 0 Å². The van der Waals surface area contributed by atoms with E-state index in [2.05, 4.69) is 37.1 Å². The molecule has 1 unspecified atom stereocenters. The summed E-state index contributed by atoms with van der Waals surface area (Å²) in [5.41, 5.74) is 7.06. The van der Waals surface area contributed by atoms with Crippen LogP contribution in [-0.4, -0.2) is 33.3 Å². The van der Waals surface area contributed by atoms with Crippen molar-refractivity contribution >= 4 is 29.9 Å². The van der Waals surface area contributed by atoms with Crippen molar-refractivity contribution in [3.05, 3.63) is 23.8 Å². The first-order valence-corrected chi connectivity index (χ1v) is 7.71. The van der Waals surface area contributed by atoms with Crippen molar-refractivity contribution in [3.8, 4) is 11.5 Å². The van der Waals surface area contributed by atoms with Crippen LogP contribution in [0.1, 0.15) is 26.3 Å². The minimum atomic E-state index is 0. The predicted octanol–water partition coefficient (Wildman–Crippen LogP) is 3.06. The molecule has 0 aliphatic heterocycles. The highest BCUT2D eigenvalue weighted by Crippen LogP contribution is 2.28. The maximum atomic E-state index is 5.85. The van der Waals surface area contributed by atoms with Crippen molar-refractivity contribution in [1.29, 1.82) is 0 Å². The highest BCUT2D eigenvalue weighted by molar-refractivity contribution is 14.0. The minimum Gasteiger partial charge on any atom is -0.493 e. The molecule has 0 amide bonds. The molecular formula is C17H30IN3O2. The summed E-state index contributed by atoms with van der Waals surface area (Å²) in [5.74, 6) is 2.99. The predicted molar refractivity (Wildman–Crippen MR) is 107 cm³/mol. The number of nitrogens with two attached hydrogens (primary N) is 1. The number of rotatable bonds is 8. The summed E-state index contributed by atoms with van der Waals surface area (Å²) in [5, 5.41) is 3.18. The molecule has 3 N–H and O–H groups in total. The van der Waals surface area contributed by atoms with Crippen LogP contribution in [0.2, 0.25) is 0 Å². The number of benzene rings is 1. The van der Waals surface area contributed by atoms with Crippen LogP contribution in [0.3, 0.4) is 0 Å². The van der Waals surface area contributed by atoms with Gasteiger partial charge in [-0.05, 0) is 36.0 Å². The van der Waals surface area contributed by atoms with Crippen LogP contribution in [0.15, 0.2) is 23.2 Å². The van der Waals surface area contributed by atoms with Crippen LogP contribution in [0.25, 0.3) is 0 Å². The highest BCUT2D eigenvalue weighted by Gasteiger charge is 2.08. The highest BCUT2D eigenvalue weighted by atomic mass is 127. The van der Waals surface area contributed by atoms with Gasteiger partial charge < -0.3 is 20.5 Å². The molecule has 0 aromatic heterocycles. The molecule has 0 spiro atoms. The number of hydrogen-bond donors (Lipinski definition) is 2. The number of guanidine groups is 1. The van der Waals surface area contributed by atoms with Crippen LogP contribution < -0.4 is 20.5 Å². The first-order chi connectivity index (χ1) is 10.5. The summed E-state index contributed by atoms with van der Waals surface area (Å²) < 4.78 is 10.6. The molecule has 0 fully saturated rings. The quantitative estimate of drug-likeness (QED) is 0.374. The molecule has 1 atom stereocenters. The van der Waals surface area contributed by atoms with Gasteiger partial charge in [0.1, 0.15) is 0 Å². The number of aliphatic imine (C=N–C) groups is 1. The second kappa shape index (κ2) is 11.4. The van der Waals surface area contributed by atoms with Gasteiger partial charge in [0.05, 0.1) is 14.2 Å². The van der Waals surface area contributed by atoms with E-state index < -0.39 is 0 Å². The maximum absolute atomic E-state index is 5.85. The number of nitrogens with one attached hydrogen (secondary N) is 1. The van der Waals surface area contributed by atoms with Crippen molar-refractivity contribution in [2.24, 2.45) is 22.6 Å². The van der Waals surface area contributed by atoms with Crippen molar-refractivity contribution in [3.63, 3.8) is 0 Å². The molecule has 23 heavy (non-hydrogen) atoms. The third kappa shape index (κ3) is 8.29. The van der Waals surface area contributed by atoms with Crippen LogP contribution in [-0.2, 0) is 6.42 Å². The third-order valence-electron chi connectivity index (χ3n) is 3.29. The second-order valence-corrected chi connectivity index (χ2v) is 6.00. The summed E-state index contributed by atoms with van der Waals surface area (Å²) in [6, 6.07) is 6.02. The molecule has 0 heterocycles. The average Bonchev–Trinajstić information content (AvgIpc) is 2.50. The van der Waals surface area contributed by atoms with Crippen LogP contribution in [0.4, 0.5) is 0 Å². The van der Waals surface area contributed by atoms with Gasteiger partial charge in [-0.3, -0.25) is 4.99 Å². The van der Waals surface area contributed by atoms with E-state index in [-0.39, 0.29) is 24.0 Å². The molecule has 0 aliphatic rings. The van der Waals surface area contributed by atoms with Crippen LogP contribution in [0.5, 0.6) is 11.5 Å². The summed E-state index contributed by atoms with van der Waals surface area (Å²) in [6.45, 7) is 7.97. The number of methoxy groups -OCH3 is 2. The molecule has 1 aromatic carbocycles. The zero-order valence-electron chi connectivity index (χ0n) is 14.8. The van der Waals surface area contributed by atoms with Gasteiger partial charge in [-0.1, -0.05) is 26.8 Å². The average molecular weight is 435 g/mol. The van der Waals surface area contributed by atoms with E-state index in [4.69, 9.17) is 15.2 Å². The topological polar surface area (TPSA) is 68.9 Å². The van der Waals surface area contributed by atoms with E-state index in [1.54, 1.807) is 14.2 Å². The standard InChI is InChI=1S/C17H29N3O2.HI/c1-12(2)10-19-17(18)20-11-13(3)8-14-6-7-15(21-4)16(9-14)22-5;/h6-7,9,12-13H,8,10-11H2,1-5H3,(H3,18,19,20);1H. The molecule has 0 bridgehead atoms. The Morgan fingerprint density at radius 1 is 1.17 bits per heavy atom. The van der Waals surface area contributed by atoms with Gasteiger partial charge in [0, 0.05) is 13.1 Å². The summed E-state index contributed by atoms with van der Waals surface area (Å²) in [6.07, 6.45) is 0.935. The number of ether oxygens (including phenoxy) is 2. The molecule has 1 aromatic rings. The van der Waals surface area contributed by atoms with Crippen molar-refractivity contribution in [2.45, 2.75) is 27.2 Å². The molecule has 6 heteroatoms. The Morgan fingerprint density at radius 3 is 2.39 bits per heavy atom.